The molecule has 2 aliphatic carbocycles. The van der Waals surface area contributed by atoms with Gasteiger partial charge in [0, 0.05) is 21.0 Å². The lowest BCUT2D eigenvalue weighted by atomic mass is 9.49. The summed E-state index contributed by atoms with van der Waals surface area (Å²) in [6.45, 7) is 2.04. The number of amides is 4. The molecule has 1 N–H and O–H groups in total. The molecule has 8 nitrogen and oxygen atoms in total. The van der Waals surface area contributed by atoms with Gasteiger partial charge in [-0.15, -0.1) is 0 Å². The van der Waals surface area contributed by atoms with E-state index in [1.165, 1.54) is 16.9 Å². The Morgan fingerprint density at radius 1 is 0.863 bits per heavy atom. The normalized spacial score (nSPS) is 26.9. The van der Waals surface area contributed by atoms with Crippen LogP contribution in [0.15, 0.2) is 107 Å². The smallest absolute Gasteiger partial charge is 0.246 e. The van der Waals surface area contributed by atoms with Crippen molar-refractivity contribution in [3.8, 4) is 11.5 Å². The van der Waals surface area contributed by atoms with Gasteiger partial charge in [-0.1, -0.05) is 94.6 Å². The molecule has 2 saturated heterocycles. The van der Waals surface area contributed by atoms with Crippen molar-refractivity contribution < 1.29 is 29.0 Å². The van der Waals surface area contributed by atoms with Gasteiger partial charge in [-0.2, -0.15) is 0 Å². The monoisotopic (exact) mass is 764 g/mol. The van der Waals surface area contributed by atoms with E-state index in [1.54, 1.807) is 48.5 Å². The maximum atomic E-state index is 15.4. The summed E-state index contributed by atoms with van der Waals surface area (Å²) < 4.78 is 6.19. The number of phenolic OH excluding ortho intramolecular Hbond substituents is 1. The number of imide groups is 2. The first-order chi connectivity index (χ1) is 24.6. The standard InChI is InChI=1S/C41H34BrClN2O6/c1-3-22-12-14-26(15-13-22)44-37(47)29-17-16-28-30(34(29)39(44)49)21-32-38(48)45(27-11-7-10-25(43)20-27)40(50)41(32,23-8-5-4-6-9-23)35(28)31-18-24(42)19-33(51-2)36(31)46/h4-16,18-20,29-30,32,34-35,46H,3,17,21H2,1-2H3. The van der Waals surface area contributed by atoms with Gasteiger partial charge in [-0.05, 0) is 78.8 Å². The lowest BCUT2D eigenvalue weighted by Gasteiger charge is -2.50. The molecule has 2 heterocycles. The van der Waals surface area contributed by atoms with Crippen LogP contribution >= 0.6 is 27.5 Å². The number of phenols is 1. The molecule has 4 aliphatic rings. The number of methoxy groups -OCH3 is 1. The van der Waals surface area contributed by atoms with Crippen molar-refractivity contribution in [2.45, 2.75) is 37.5 Å². The molecule has 0 bridgehead atoms. The van der Waals surface area contributed by atoms with Crippen molar-refractivity contribution in [2.75, 3.05) is 16.9 Å². The number of anilines is 2. The number of benzene rings is 4. The molecule has 10 heteroatoms. The molecule has 6 unspecified atom stereocenters. The van der Waals surface area contributed by atoms with Crippen LogP contribution in [0.1, 0.15) is 42.4 Å². The number of allylic oxidation sites excluding steroid dienone is 2. The summed E-state index contributed by atoms with van der Waals surface area (Å²) in [5, 5.41) is 12.3. The van der Waals surface area contributed by atoms with Gasteiger partial charge in [-0.3, -0.25) is 24.1 Å². The van der Waals surface area contributed by atoms with E-state index in [9.17, 15) is 19.5 Å². The predicted molar refractivity (Wildman–Crippen MR) is 197 cm³/mol. The molecule has 0 aromatic heterocycles. The molecule has 2 aliphatic heterocycles. The molecule has 4 amide bonds. The third-order valence-electron chi connectivity index (χ3n) is 11.4. The zero-order valence-corrected chi connectivity index (χ0v) is 30.2. The van der Waals surface area contributed by atoms with Crippen LogP contribution in [0.3, 0.4) is 0 Å². The van der Waals surface area contributed by atoms with Crippen molar-refractivity contribution in [2.24, 2.45) is 23.7 Å². The SMILES string of the molecule is CCc1ccc(N2C(=O)C3CC=C4C(CC5C(=O)N(c6cccc(Cl)c6)C(=O)C5(c5ccccc5)C4c4cc(Br)cc(OC)c4O)C3C2=O)cc1. The van der Waals surface area contributed by atoms with E-state index in [2.05, 4.69) is 15.9 Å². The fourth-order valence-corrected chi connectivity index (χ4v) is 9.83. The zero-order chi connectivity index (χ0) is 35.8. The fraction of sp³-hybridized carbons (Fsp3) is 0.268. The van der Waals surface area contributed by atoms with Gasteiger partial charge in [0.25, 0.3) is 0 Å². The topological polar surface area (TPSA) is 104 Å². The zero-order valence-electron chi connectivity index (χ0n) is 27.9. The number of carbonyl (C=O) groups is 4. The average molecular weight is 766 g/mol. The number of aromatic hydroxyl groups is 1. The number of carbonyl (C=O) groups excluding carboxylic acids is 4. The van der Waals surface area contributed by atoms with Gasteiger partial charge < -0.3 is 9.84 Å². The van der Waals surface area contributed by atoms with E-state index in [0.717, 1.165) is 17.6 Å². The van der Waals surface area contributed by atoms with Gasteiger partial charge in [0.2, 0.25) is 23.6 Å². The number of hydrogen-bond donors (Lipinski definition) is 1. The second kappa shape index (κ2) is 12.5. The lowest BCUT2D eigenvalue weighted by Crippen LogP contribution is -2.53. The average Bonchev–Trinajstić information content (AvgIpc) is 3.53. The Labute approximate surface area is 308 Å². The van der Waals surface area contributed by atoms with E-state index in [4.69, 9.17) is 16.3 Å². The van der Waals surface area contributed by atoms with Crippen LogP contribution in [-0.4, -0.2) is 35.8 Å². The Bertz CT molecular complexity index is 2150. The predicted octanol–water partition coefficient (Wildman–Crippen LogP) is 7.75. The first-order valence-corrected chi connectivity index (χ1v) is 18.2. The van der Waals surface area contributed by atoms with Crippen molar-refractivity contribution in [1.82, 2.24) is 0 Å². The summed E-state index contributed by atoms with van der Waals surface area (Å²) in [5.41, 5.74) is 2.13. The fourth-order valence-electron chi connectivity index (χ4n) is 9.19. The minimum absolute atomic E-state index is 0.146. The molecular weight excluding hydrogens is 732 g/mol. The summed E-state index contributed by atoms with van der Waals surface area (Å²) in [5.74, 6) is -5.30. The molecule has 0 spiro atoms. The summed E-state index contributed by atoms with van der Waals surface area (Å²) in [6.07, 6.45) is 3.20. The third kappa shape index (κ3) is 4.84. The Hall–Kier alpha value is -4.73. The largest absolute Gasteiger partial charge is 0.504 e. The van der Waals surface area contributed by atoms with Gasteiger partial charge in [0.1, 0.15) is 0 Å². The molecule has 1 saturated carbocycles. The summed E-state index contributed by atoms with van der Waals surface area (Å²) >= 11 is 9.99. The van der Waals surface area contributed by atoms with Crippen LogP contribution in [0.25, 0.3) is 0 Å². The molecule has 3 fully saturated rings. The molecule has 4 aromatic carbocycles. The number of ether oxygens (including phenoxy) is 1. The highest BCUT2D eigenvalue weighted by Gasteiger charge is 2.70. The third-order valence-corrected chi connectivity index (χ3v) is 12.1. The Morgan fingerprint density at radius 2 is 1.61 bits per heavy atom. The van der Waals surface area contributed by atoms with Gasteiger partial charge in [0.05, 0.1) is 41.7 Å². The van der Waals surface area contributed by atoms with Crippen LogP contribution < -0.4 is 14.5 Å². The molecular formula is C41H34BrClN2O6. The molecule has 8 rings (SSSR count). The Morgan fingerprint density at radius 3 is 2.29 bits per heavy atom. The van der Waals surface area contributed by atoms with Crippen LogP contribution in [0.5, 0.6) is 11.5 Å². The summed E-state index contributed by atoms with van der Waals surface area (Å²) in [4.78, 5) is 61.5. The van der Waals surface area contributed by atoms with Gasteiger partial charge in [-0.25, -0.2) is 4.90 Å². The van der Waals surface area contributed by atoms with E-state index in [1.807, 2.05) is 55.5 Å². The minimum atomic E-state index is -1.53. The van der Waals surface area contributed by atoms with Crippen LogP contribution in [0.2, 0.25) is 5.02 Å². The number of aryl methyl sites for hydroxylation is 1. The van der Waals surface area contributed by atoms with Crippen molar-refractivity contribution in [3.05, 3.63) is 129 Å². The van der Waals surface area contributed by atoms with E-state index in [-0.39, 0.29) is 36.2 Å². The van der Waals surface area contributed by atoms with Crippen LogP contribution in [0.4, 0.5) is 11.4 Å². The first-order valence-electron chi connectivity index (χ1n) is 17.0. The van der Waals surface area contributed by atoms with Gasteiger partial charge >= 0.3 is 0 Å². The van der Waals surface area contributed by atoms with Gasteiger partial charge in [0.15, 0.2) is 11.5 Å². The molecule has 6 atom stereocenters. The second-order valence-corrected chi connectivity index (χ2v) is 15.0. The van der Waals surface area contributed by atoms with Crippen molar-refractivity contribution in [3.63, 3.8) is 0 Å². The summed E-state index contributed by atoms with van der Waals surface area (Å²) in [6, 6.07) is 26.7. The van der Waals surface area contributed by atoms with Crippen LogP contribution in [0, 0.1) is 23.7 Å². The number of nitrogens with zero attached hydrogens (tertiary/aromatic N) is 2. The highest BCUT2D eigenvalue weighted by atomic mass is 79.9. The highest BCUT2D eigenvalue weighted by Crippen LogP contribution is 2.66. The van der Waals surface area contributed by atoms with Crippen molar-refractivity contribution >= 4 is 62.5 Å². The van der Waals surface area contributed by atoms with E-state index >= 15 is 4.79 Å². The molecule has 258 valence electrons. The molecule has 4 aromatic rings. The van der Waals surface area contributed by atoms with E-state index < -0.39 is 46.8 Å². The Balaban J connectivity index is 1.37. The van der Waals surface area contributed by atoms with Crippen LogP contribution in [-0.2, 0) is 31.0 Å². The quantitative estimate of drug-likeness (QED) is 0.159. The Kier molecular flexibility index (Phi) is 8.19. The second-order valence-electron chi connectivity index (χ2n) is 13.7. The highest BCUT2D eigenvalue weighted by molar-refractivity contribution is 9.10. The maximum Gasteiger partial charge on any atom is 0.246 e. The van der Waals surface area contributed by atoms with Crippen molar-refractivity contribution in [1.29, 1.82) is 0 Å². The number of halogens is 2. The molecule has 51 heavy (non-hydrogen) atoms. The first kappa shape index (κ1) is 33.4. The number of fused-ring (bicyclic) bond motifs is 4. The maximum absolute atomic E-state index is 15.4. The summed E-state index contributed by atoms with van der Waals surface area (Å²) in [7, 11) is 1.45. The number of hydrogen-bond acceptors (Lipinski definition) is 6. The minimum Gasteiger partial charge on any atom is -0.504 e. The lowest BCUT2D eigenvalue weighted by molar-refractivity contribution is -0.127. The molecule has 0 radical (unpaired) electrons. The van der Waals surface area contributed by atoms with E-state index in [0.29, 0.717) is 32.0 Å². The number of rotatable bonds is 6.